The molecule has 0 aromatic heterocycles. The van der Waals surface area contributed by atoms with Crippen molar-refractivity contribution in [2.24, 2.45) is 11.1 Å². The third kappa shape index (κ3) is 4.42. The van der Waals surface area contributed by atoms with Crippen LogP contribution in [0.2, 0.25) is 0 Å². The molecule has 1 aliphatic heterocycles. The van der Waals surface area contributed by atoms with E-state index in [1.54, 1.807) is 0 Å². The Labute approximate surface area is 152 Å². The molecule has 2 rings (SSSR count). The van der Waals surface area contributed by atoms with Crippen LogP contribution in [0.15, 0.2) is 16.6 Å². The molecule has 0 aliphatic carbocycles. The minimum atomic E-state index is 0.0438. The summed E-state index contributed by atoms with van der Waals surface area (Å²) in [5, 5.41) is 0. The third-order valence-electron chi connectivity index (χ3n) is 4.46. The lowest BCUT2D eigenvalue weighted by atomic mass is 9.90. The number of ether oxygens (including phenoxy) is 2. The quantitative estimate of drug-likeness (QED) is 0.766. The zero-order valence-electron chi connectivity index (χ0n) is 14.7. The summed E-state index contributed by atoms with van der Waals surface area (Å²) in [6.07, 6.45) is 1.30. The molecule has 0 bridgehead atoms. The van der Waals surface area contributed by atoms with Gasteiger partial charge in [-0.1, -0.05) is 22.9 Å². The fourth-order valence-electron chi connectivity index (χ4n) is 2.93. The van der Waals surface area contributed by atoms with Gasteiger partial charge in [-0.3, -0.25) is 4.79 Å². The van der Waals surface area contributed by atoms with Crippen LogP contribution >= 0.6 is 15.9 Å². The number of carbonyl (C=O) groups is 1. The molecule has 1 fully saturated rings. The maximum atomic E-state index is 12.6. The smallest absolute Gasteiger partial charge is 0.227 e. The highest BCUT2D eigenvalue weighted by molar-refractivity contribution is 9.10. The largest absolute Gasteiger partial charge is 0.490 e. The summed E-state index contributed by atoms with van der Waals surface area (Å²) in [6.45, 7) is 9.24. The standard InChI is InChI=1S/C18H27BrN2O3/c1-4-23-15-8-13(14(19)10-16(15)24-5-2)9-17(22)21-7-6-18(3,11-20)12-21/h8,10H,4-7,9,11-12,20H2,1-3H3. The zero-order valence-corrected chi connectivity index (χ0v) is 16.3. The molecule has 1 amide bonds. The van der Waals surface area contributed by atoms with Crippen LogP contribution in [-0.4, -0.2) is 43.7 Å². The molecule has 1 aliphatic rings. The summed E-state index contributed by atoms with van der Waals surface area (Å²) in [5.74, 6) is 1.50. The Kier molecular flexibility index (Phi) is 6.52. The number of amides is 1. The molecule has 2 N–H and O–H groups in total. The zero-order chi connectivity index (χ0) is 17.7. The lowest BCUT2D eigenvalue weighted by Crippen LogP contribution is -2.35. The van der Waals surface area contributed by atoms with Crippen molar-refractivity contribution in [2.75, 3.05) is 32.8 Å². The van der Waals surface area contributed by atoms with E-state index < -0.39 is 0 Å². The molecule has 0 saturated carbocycles. The van der Waals surface area contributed by atoms with Gasteiger partial charge in [0.15, 0.2) is 11.5 Å². The van der Waals surface area contributed by atoms with Gasteiger partial charge in [0.05, 0.1) is 19.6 Å². The predicted molar refractivity (Wildman–Crippen MR) is 98.5 cm³/mol. The van der Waals surface area contributed by atoms with E-state index in [0.717, 1.165) is 29.5 Å². The number of halogens is 1. The van der Waals surface area contributed by atoms with Crippen molar-refractivity contribution in [3.05, 3.63) is 22.2 Å². The van der Waals surface area contributed by atoms with E-state index >= 15 is 0 Å². The van der Waals surface area contributed by atoms with Gasteiger partial charge in [0.1, 0.15) is 0 Å². The Morgan fingerprint density at radius 1 is 1.29 bits per heavy atom. The van der Waals surface area contributed by atoms with Crippen molar-refractivity contribution >= 4 is 21.8 Å². The second-order valence-electron chi connectivity index (χ2n) is 6.51. The van der Waals surface area contributed by atoms with Gasteiger partial charge in [-0.2, -0.15) is 0 Å². The normalized spacial score (nSPS) is 20.3. The lowest BCUT2D eigenvalue weighted by molar-refractivity contribution is -0.129. The Hall–Kier alpha value is -1.27. The van der Waals surface area contributed by atoms with Crippen LogP contribution in [0.25, 0.3) is 0 Å². The Bertz CT molecular complexity index is 594. The Balaban J connectivity index is 2.14. The topological polar surface area (TPSA) is 64.8 Å². The minimum absolute atomic E-state index is 0.0438. The number of hydrogen-bond donors (Lipinski definition) is 1. The van der Waals surface area contributed by atoms with Crippen molar-refractivity contribution in [3.63, 3.8) is 0 Å². The van der Waals surface area contributed by atoms with E-state index in [0.29, 0.717) is 37.7 Å². The lowest BCUT2D eigenvalue weighted by Gasteiger charge is -2.23. The molecule has 1 unspecified atom stereocenters. The number of nitrogens with zero attached hydrogens (tertiary/aromatic N) is 1. The number of nitrogens with two attached hydrogens (primary N) is 1. The second kappa shape index (κ2) is 8.21. The molecule has 1 heterocycles. The number of rotatable bonds is 7. The summed E-state index contributed by atoms with van der Waals surface area (Å²) in [7, 11) is 0. The van der Waals surface area contributed by atoms with Crippen molar-refractivity contribution < 1.29 is 14.3 Å². The summed E-state index contributed by atoms with van der Waals surface area (Å²) in [6, 6.07) is 3.78. The average molecular weight is 399 g/mol. The van der Waals surface area contributed by atoms with Gasteiger partial charge in [-0.15, -0.1) is 0 Å². The number of hydrogen-bond acceptors (Lipinski definition) is 4. The van der Waals surface area contributed by atoms with Gasteiger partial charge in [0, 0.05) is 17.6 Å². The SMILES string of the molecule is CCOc1cc(Br)c(CC(=O)N2CCC(C)(CN)C2)cc1OCC. The highest BCUT2D eigenvalue weighted by Gasteiger charge is 2.34. The van der Waals surface area contributed by atoms with Gasteiger partial charge in [0.25, 0.3) is 0 Å². The molecule has 1 aromatic rings. The average Bonchev–Trinajstić information content (AvgIpc) is 2.95. The maximum Gasteiger partial charge on any atom is 0.227 e. The first-order chi connectivity index (χ1) is 11.4. The van der Waals surface area contributed by atoms with Crippen molar-refractivity contribution in [1.82, 2.24) is 4.90 Å². The molecular formula is C18H27BrN2O3. The van der Waals surface area contributed by atoms with Crippen LogP contribution in [0, 0.1) is 5.41 Å². The van der Waals surface area contributed by atoms with Crippen molar-refractivity contribution in [2.45, 2.75) is 33.6 Å². The molecule has 24 heavy (non-hydrogen) atoms. The molecule has 1 atom stereocenters. The molecule has 1 saturated heterocycles. The molecule has 0 spiro atoms. The molecule has 0 radical (unpaired) electrons. The minimum Gasteiger partial charge on any atom is -0.490 e. The Morgan fingerprint density at radius 2 is 1.92 bits per heavy atom. The van der Waals surface area contributed by atoms with E-state index in [9.17, 15) is 4.79 Å². The van der Waals surface area contributed by atoms with Crippen LogP contribution in [-0.2, 0) is 11.2 Å². The monoisotopic (exact) mass is 398 g/mol. The third-order valence-corrected chi connectivity index (χ3v) is 5.20. The number of carbonyl (C=O) groups excluding carboxylic acids is 1. The molecule has 1 aromatic carbocycles. The molecule has 5 nitrogen and oxygen atoms in total. The van der Waals surface area contributed by atoms with Crippen LogP contribution < -0.4 is 15.2 Å². The second-order valence-corrected chi connectivity index (χ2v) is 7.37. The predicted octanol–water partition coefficient (Wildman–Crippen LogP) is 2.99. The highest BCUT2D eigenvalue weighted by atomic mass is 79.9. The maximum absolute atomic E-state index is 12.6. The molecule has 134 valence electrons. The van der Waals surface area contributed by atoms with Crippen LogP contribution in [0.1, 0.15) is 32.8 Å². The van der Waals surface area contributed by atoms with Gasteiger partial charge in [-0.25, -0.2) is 0 Å². The summed E-state index contributed by atoms with van der Waals surface area (Å²) < 4.78 is 12.1. The highest BCUT2D eigenvalue weighted by Crippen LogP contribution is 2.35. The fraction of sp³-hybridized carbons (Fsp3) is 0.611. The fourth-order valence-corrected chi connectivity index (χ4v) is 3.39. The van der Waals surface area contributed by atoms with Crippen molar-refractivity contribution in [3.8, 4) is 11.5 Å². The van der Waals surface area contributed by atoms with E-state index in [4.69, 9.17) is 15.2 Å². The van der Waals surface area contributed by atoms with Crippen LogP contribution in [0.3, 0.4) is 0 Å². The first kappa shape index (κ1) is 19.1. The number of likely N-dealkylation sites (tertiary alicyclic amines) is 1. The van der Waals surface area contributed by atoms with Crippen LogP contribution in [0.4, 0.5) is 0 Å². The van der Waals surface area contributed by atoms with Gasteiger partial charge < -0.3 is 20.1 Å². The van der Waals surface area contributed by atoms with Crippen molar-refractivity contribution in [1.29, 1.82) is 0 Å². The van der Waals surface area contributed by atoms with Crippen LogP contribution in [0.5, 0.6) is 11.5 Å². The summed E-state index contributed by atoms with van der Waals surface area (Å²) in [5.41, 5.74) is 6.78. The van der Waals surface area contributed by atoms with E-state index in [1.165, 1.54) is 0 Å². The van der Waals surface area contributed by atoms with Gasteiger partial charge in [-0.05, 0) is 49.9 Å². The van der Waals surface area contributed by atoms with Gasteiger partial charge in [0.2, 0.25) is 5.91 Å². The first-order valence-electron chi connectivity index (χ1n) is 8.48. The van der Waals surface area contributed by atoms with E-state index in [2.05, 4.69) is 22.9 Å². The van der Waals surface area contributed by atoms with E-state index in [1.807, 2.05) is 30.9 Å². The summed E-state index contributed by atoms with van der Waals surface area (Å²) in [4.78, 5) is 14.6. The first-order valence-corrected chi connectivity index (χ1v) is 9.27. The molecular weight excluding hydrogens is 372 g/mol. The Morgan fingerprint density at radius 3 is 2.46 bits per heavy atom. The molecule has 6 heteroatoms. The summed E-state index contributed by atoms with van der Waals surface area (Å²) >= 11 is 3.55. The van der Waals surface area contributed by atoms with E-state index in [-0.39, 0.29) is 11.3 Å². The van der Waals surface area contributed by atoms with Gasteiger partial charge >= 0.3 is 0 Å². The number of benzene rings is 1.